The molecule has 19 heavy (non-hydrogen) atoms. The smallest absolute Gasteiger partial charge is 0.105 e. The Balaban J connectivity index is 0.000000902. The predicted octanol–water partition coefficient (Wildman–Crippen LogP) is 3.53. The van der Waals surface area contributed by atoms with Crippen molar-refractivity contribution >= 4 is 0 Å². The standard InChI is InChI=1S/C14H13N3.CH3.Ir/c1-17-9-13(16-10-17)14-12(7-8-15-14)11-5-3-2-4-6-11;;/h2-10,15H,1H3;1H3;/q;-1;. The van der Waals surface area contributed by atoms with Gasteiger partial charge in [-0.3, -0.25) is 0 Å². The van der Waals surface area contributed by atoms with Crippen molar-refractivity contribution in [2.24, 2.45) is 7.05 Å². The van der Waals surface area contributed by atoms with E-state index in [1.165, 1.54) is 11.1 Å². The zero-order chi connectivity index (χ0) is 11.7. The van der Waals surface area contributed by atoms with Crippen LogP contribution < -0.4 is 0 Å². The summed E-state index contributed by atoms with van der Waals surface area (Å²) < 4.78 is 1.95. The van der Waals surface area contributed by atoms with Crippen LogP contribution in [0.3, 0.4) is 0 Å². The number of hydrogen-bond donors (Lipinski definition) is 1. The Bertz CT molecular complexity index is 626. The maximum Gasteiger partial charge on any atom is 0.105 e. The molecule has 0 spiro atoms. The third kappa shape index (κ3) is 3.03. The molecule has 0 bridgehead atoms. The van der Waals surface area contributed by atoms with Crippen LogP contribution in [0, 0.1) is 7.43 Å². The number of H-pyrrole nitrogens is 1. The van der Waals surface area contributed by atoms with E-state index in [-0.39, 0.29) is 27.5 Å². The van der Waals surface area contributed by atoms with E-state index in [1.807, 2.05) is 48.5 Å². The van der Waals surface area contributed by atoms with Gasteiger partial charge in [-0.05, 0) is 11.6 Å². The van der Waals surface area contributed by atoms with Crippen LogP contribution in [0.15, 0.2) is 55.1 Å². The van der Waals surface area contributed by atoms with E-state index in [9.17, 15) is 0 Å². The first-order valence-electron chi connectivity index (χ1n) is 5.56. The molecule has 2 heterocycles. The number of aromatic amines is 1. The molecule has 3 nitrogen and oxygen atoms in total. The van der Waals surface area contributed by atoms with Gasteiger partial charge in [0, 0.05) is 45.1 Å². The van der Waals surface area contributed by atoms with Crippen molar-refractivity contribution in [1.82, 2.24) is 14.5 Å². The normalized spacial score (nSPS) is 9.53. The van der Waals surface area contributed by atoms with E-state index >= 15 is 0 Å². The first-order chi connectivity index (χ1) is 8.34. The fourth-order valence-electron chi connectivity index (χ4n) is 1.98. The Morgan fingerprint density at radius 3 is 2.47 bits per heavy atom. The van der Waals surface area contributed by atoms with Gasteiger partial charge in [0.2, 0.25) is 0 Å². The number of nitrogens with zero attached hydrogens (tertiary/aromatic N) is 2. The summed E-state index contributed by atoms with van der Waals surface area (Å²) in [6, 6.07) is 12.4. The number of rotatable bonds is 2. The molecule has 4 heteroatoms. The van der Waals surface area contributed by atoms with Gasteiger partial charge in [0.05, 0.1) is 12.0 Å². The molecule has 101 valence electrons. The first kappa shape index (κ1) is 15.4. The van der Waals surface area contributed by atoms with E-state index < -0.39 is 0 Å². The minimum absolute atomic E-state index is 0. The summed E-state index contributed by atoms with van der Waals surface area (Å²) >= 11 is 0. The molecule has 0 aliphatic heterocycles. The summed E-state index contributed by atoms with van der Waals surface area (Å²) in [6.45, 7) is 0. The summed E-state index contributed by atoms with van der Waals surface area (Å²) in [5.74, 6) is 0. The Kier molecular flexibility index (Phi) is 5.28. The fraction of sp³-hybridized carbons (Fsp3) is 0.0667. The Labute approximate surface area is 127 Å². The van der Waals surface area contributed by atoms with Crippen molar-refractivity contribution in [3.8, 4) is 22.5 Å². The first-order valence-corrected chi connectivity index (χ1v) is 5.56. The van der Waals surface area contributed by atoms with Crippen LogP contribution in [0.2, 0.25) is 0 Å². The van der Waals surface area contributed by atoms with Gasteiger partial charge in [0.15, 0.2) is 0 Å². The number of benzene rings is 1. The van der Waals surface area contributed by atoms with Gasteiger partial charge in [-0.2, -0.15) is 0 Å². The SMILES string of the molecule is Cn1cnc(-c2[nH]ccc2-c2ccccc2)c1.[CH3-].[Ir]. The molecule has 1 N–H and O–H groups in total. The van der Waals surface area contributed by atoms with E-state index in [1.54, 1.807) is 0 Å². The molecule has 0 unspecified atom stereocenters. The molecular formula is C15H16IrN3-. The predicted molar refractivity (Wildman–Crippen MR) is 74.8 cm³/mol. The molecule has 0 saturated carbocycles. The van der Waals surface area contributed by atoms with E-state index in [0.717, 1.165) is 11.4 Å². The Morgan fingerprint density at radius 2 is 1.84 bits per heavy atom. The largest absolute Gasteiger partial charge is 0.359 e. The molecule has 0 fully saturated rings. The second kappa shape index (κ2) is 6.50. The topological polar surface area (TPSA) is 33.6 Å². The molecule has 3 aromatic rings. The summed E-state index contributed by atoms with van der Waals surface area (Å²) in [5.41, 5.74) is 4.42. The Hall–Kier alpha value is -1.64. The monoisotopic (exact) mass is 431 g/mol. The quantitative estimate of drug-likeness (QED) is 0.620. The number of imidazole rings is 1. The average Bonchev–Trinajstić information content (AvgIpc) is 2.98. The number of hydrogen-bond acceptors (Lipinski definition) is 1. The van der Waals surface area contributed by atoms with Gasteiger partial charge in [0.1, 0.15) is 5.69 Å². The summed E-state index contributed by atoms with van der Waals surface area (Å²) in [6.07, 6.45) is 5.77. The van der Waals surface area contributed by atoms with E-state index in [4.69, 9.17) is 0 Å². The van der Waals surface area contributed by atoms with Gasteiger partial charge in [-0.25, -0.2) is 4.98 Å². The van der Waals surface area contributed by atoms with Gasteiger partial charge in [0.25, 0.3) is 0 Å². The molecular weight excluding hydrogens is 414 g/mol. The molecule has 1 aromatic carbocycles. The third-order valence-corrected chi connectivity index (χ3v) is 2.79. The van der Waals surface area contributed by atoms with Gasteiger partial charge in [-0.1, -0.05) is 30.3 Å². The van der Waals surface area contributed by atoms with Crippen molar-refractivity contribution in [2.45, 2.75) is 0 Å². The van der Waals surface area contributed by atoms with Crippen molar-refractivity contribution in [2.75, 3.05) is 0 Å². The molecule has 0 amide bonds. The summed E-state index contributed by atoms with van der Waals surface area (Å²) in [7, 11) is 1.97. The number of nitrogens with one attached hydrogen (secondary N) is 1. The molecule has 2 aromatic heterocycles. The molecule has 0 atom stereocenters. The minimum atomic E-state index is 0. The minimum Gasteiger partial charge on any atom is -0.359 e. The summed E-state index contributed by atoms with van der Waals surface area (Å²) in [4.78, 5) is 7.63. The van der Waals surface area contributed by atoms with Crippen LogP contribution >= 0.6 is 0 Å². The Morgan fingerprint density at radius 1 is 1.11 bits per heavy atom. The van der Waals surface area contributed by atoms with E-state index in [2.05, 4.69) is 28.2 Å². The van der Waals surface area contributed by atoms with Crippen LogP contribution in [0.1, 0.15) is 0 Å². The van der Waals surface area contributed by atoms with Crippen LogP contribution in [0.25, 0.3) is 22.5 Å². The number of aromatic nitrogens is 3. The van der Waals surface area contributed by atoms with Crippen molar-refractivity contribution < 1.29 is 20.1 Å². The second-order valence-corrected chi connectivity index (χ2v) is 4.06. The third-order valence-electron chi connectivity index (χ3n) is 2.79. The zero-order valence-corrected chi connectivity index (χ0v) is 13.3. The average molecular weight is 431 g/mol. The molecule has 0 aliphatic carbocycles. The van der Waals surface area contributed by atoms with Crippen LogP contribution in [-0.4, -0.2) is 14.5 Å². The maximum atomic E-state index is 4.38. The van der Waals surface area contributed by atoms with Gasteiger partial charge in [-0.15, -0.1) is 0 Å². The number of aryl methyl sites for hydroxylation is 1. The van der Waals surface area contributed by atoms with Crippen LogP contribution in [-0.2, 0) is 27.2 Å². The molecule has 0 saturated heterocycles. The van der Waals surface area contributed by atoms with Crippen LogP contribution in [0.4, 0.5) is 0 Å². The van der Waals surface area contributed by atoms with Gasteiger partial charge < -0.3 is 17.0 Å². The van der Waals surface area contributed by atoms with Crippen LogP contribution in [0.5, 0.6) is 0 Å². The molecule has 3 rings (SSSR count). The molecule has 0 aliphatic rings. The summed E-state index contributed by atoms with van der Waals surface area (Å²) in [5, 5.41) is 0. The van der Waals surface area contributed by atoms with Crippen molar-refractivity contribution in [1.29, 1.82) is 0 Å². The fourth-order valence-corrected chi connectivity index (χ4v) is 1.98. The van der Waals surface area contributed by atoms with E-state index in [0.29, 0.717) is 0 Å². The maximum absolute atomic E-state index is 4.38. The van der Waals surface area contributed by atoms with Crippen molar-refractivity contribution in [3.63, 3.8) is 0 Å². The zero-order valence-electron chi connectivity index (χ0n) is 10.9. The van der Waals surface area contributed by atoms with Crippen molar-refractivity contribution in [3.05, 3.63) is 62.5 Å². The van der Waals surface area contributed by atoms with Gasteiger partial charge >= 0.3 is 0 Å². The second-order valence-electron chi connectivity index (χ2n) is 4.06. The molecule has 1 radical (unpaired) electrons.